The fourth-order valence-electron chi connectivity index (χ4n) is 4.24. The van der Waals surface area contributed by atoms with Gasteiger partial charge in [0.15, 0.2) is 0 Å². The van der Waals surface area contributed by atoms with Crippen molar-refractivity contribution in [3.63, 3.8) is 0 Å². The molecule has 0 heterocycles. The van der Waals surface area contributed by atoms with Gasteiger partial charge in [0.1, 0.15) is 43.2 Å². The molecule has 5 nitrogen and oxygen atoms in total. The lowest BCUT2D eigenvalue weighted by Gasteiger charge is -2.33. The molecule has 0 spiro atoms. The van der Waals surface area contributed by atoms with Crippen molar-refractivity contribution < 1.29 is 19.0 Å². The highest BCUT2D eigenvalue weighted by molar-refractivity contribution is 6.00. The van der Waals surface area contributed by atoms with Crippen LogP contribution in [0.4, 0.5) is 0 Å². The van der Waals surface area contributed by atoms with Crippen molar-refractivity contribution in [1.29, 1.82) is 0 Å². The Morgan fingerprint density at radius 1 is 0.970 bits per heavy atom. The summed E-state index contributed by atoms with van der Waals surface area (Å²) in [6, 6.07) is 12.2. The molecule has 1 fully saturated rings. The van der Waals surface area contributed by atoms with Crippen LogP contribution in [0.2, 0.25) is 0 Å². The summed E-state index contributed by atoms with van der Waals surface area (Å²) in [7, 11) is 1.57. The molecule has 0 saturated heterocycles. The number of ether oxygens (including phenoxy) is 3. The zero-order chi connectivity index (χ0) is 23.6. The number of benzene rings is 2. The number of rotatable bonds is 10. The predicted molar refractivity (Wildman–Crippen MR) is 134 cm³/mol. The van der Waals surface area contributed by atoms with Crippen molar-refractivity contribution in [2.45, 2.75) is 72.0 Å². The molecule has 0 radical (unpaired) electrons. The molecule has 33 heavy (non-hydrogen) atoms. The highest BCUT2D eigenvalue weighted by Crippen LogP contribution is 2.33. The SMILES string of the molecule is C/C=C/COc1cc(C)c(OC2CCCCC2Oc2ccc(/C(CC)=N\OC)cc2)c(C)c1. The molecule has 1 aliphatic rings. The second-order valence-corrected chi connectivity index (χ2v) is 8.46. The molecule has 2 unspecified atom stereocenters. The van der Waals surface area contributed by atoms with Crippen LogP contribution in [-0.2, 0) is 4.84 Å². The number of oxime groups is 1. The Morgan fingerprint density at radius 3 is 2.18 bits per heavy atom. The van der Waals surface area contributed by atoms with Gasteiger partial charge < -0.3 is 19.0 Å². The van der Waals surface area contributed by atoms with Gasteiger partial charge in [-0.1, -0.05) is 24.2 Å². The van der Waals surface area contributed by atoms with Crippen LogP contribution < -0.4 is 14.2 Å². The van der Waals surface area contributed by atoms with E-state index in [0.717, 1.165) is 71.8 Å². The lowest BCUT2D eigenvalue weighted by atomic mass is 9.94. The maximum atomic E-state index is 6.56. The molecule has 2 aromatic rings. The van der Waals surface area contributed by atoms with E-state index in [4.69, 9.17) is 19.0 Å². The van der Waals surface area contributed by atoms with E-state index in [9.17, 15) is 0 Å². The molecule has 1 saturated carbocycles. The van der Waals surface area contributed by atoms with E-state index >= 15 is 0 Å². The number of allylic oxidation sites excluding steroid dienone is 1. The first-order valence-electron chi connectivity index (χ1n) is 11.9. The molecule has 2 aromatic carbocycles. The first-order chi connectivity index (χ1) is 16.0. The molecule has 0 bridgehead atoms. The van der Waals surface area contributed by atoms with Crippen molar-refractivity contribution in [3.05, 3.63) is 65.2 Å². The molecule has 5 heteroatoms. The van der Waals surface area contributed by atoms with Crippen LogP contribution in [-0.4, -0.2) is 31.6 Å². The minimum absolute atomic E-state index is 0.0203. The summed E-state index contributed by atoms with van der Waals surface area (Å²) >= 11 is 0. The van der Waals surface area contributed by atoms with E-state index in [0.29, 0.717) is 6.61 Å². The summed E-state index contributed by atoms with van der Waals surface area (Å²) in [5.74, 6) is 2.66. The average Bonchev–Trinajstić information content (AvgIpc) is 2.82. The third kappa shape index (κ3) is 6.77. The lowest BCUT2D eigenvalue weighted by molar-refractivity contribution is 0.0224. The van der Waals surface area contributed by atoms with Crippen molar-refractivity contribution >= 4 is 5.71 Å². The second-order valence-electron chi connectivity index (χ2n) is 8.46. The van der Waals surface area contributed by atoms with E-state index in [1.54, 1.807) is 7.11 Å². The van der Waals surface area contributed by atoms with Gasteiger partial charge in [-0.3, -0.25) is 0 Å². The molecule has 0 amide bonds. The first kappa shape index (κ1) is 24.7. The van der Waals surface area contributed by atoms with E-state index in [-0.39, 0.29) is 12.2 Å². The van der Waals surface area contributed by atoms with Crippen LogP contribution in [0, 0.1) is 13.8 Å². The average molecular weight is 452 g/mol. The highest BCUT2D eigenvalue weighted by Gasteiger charge is 2.29. The van der Waals surface area contributed by atoms with E-state index < -0.39 is 0 Å². The molecule has 0 aromatic heterocycles. The molecule has 0 aliphatic heterocycles. The molecule has 178 valence electrons. The van der Waals surface area contributed by atoms with Gasteiger partial charge >= 0.3 is 0 Å². The zero-order valence-electron chi connectivity index (χ0n) is 20.6. The topological polar surface area (TPSA) is 49.3 Å². The van der Waals surface area contributed by atoms with Crippen molar-refractivity contribution in [1.82, 2.24) is 0 Å². The molecule has 1 aliphatic carbocycles. The summed E-state index contributed by atoms with van der Waals surface area (Å²) < 4.78 is 18.8. The summed E-state index contributed by atoms with van der Waals surface area (Å²) in [5.41, 5.74) is 4.14. The molecule has 0 N–H and O–H groups in total. The van der Waals surface area contributed by atoms with Gasteiger partial charge in [-0.2, -0.15) is 0 Å². The number of hydrogen-bond donors (Lipinski definition) is 0. The summed E-state index contributed by atoms with van der Waals surface area (Å²) in [4.78, 5) is 4.95. The number of nitrogens with zero attached hydrogens (tertiary/aromatic N) is 1. The van der Waals surface area contributed by atoms with Gasteiger partial charge in [-0.05, 0) is 106 Å². The van der Waals surface area contributed by atoms with Crippen LogP contribution >= 0.6 is 0 Å². The van der Waals surface area contributed by atoms with Crippen molar-refractivity contribution in [2.24, 2.45) is 5.16 Å². The molecular formula is C28H37NO4. The largest absolute Gasteiger partial charge is 0.490 e. The fourth-order valence-corrected chi connectivity index (χ4v) is 4.24. The highest BCUT2D eigenvalue weighted by atomic mass is 16.6. The van der Waals surface area contributed by atoms with Gasteiger partial charge in [0.05, 0.1) is 5.71 Å². The van der Waals surface area contributed by atoms with Crippen LogP contribution in [0.15, 0.2) is 53.7 Å². The van der Waals surface area contributed by atoms with Gasteiger partial charge in [0, 0.05) is 0 Å². The fraction of sp³-hybridized carbons (Fsp3) is 0.464. The minimum atomic E-state index is 0.0203. The van der Waals surface area contributed by atoms with E-state index in [1.165, 1.54) is 0 Å². The lowest BCUT2D eigenvalue weighted by Crippen LogP contribution is -2.39. The second kappa shape index (κ2) is 12.3. The predicted octanol–water partition coefficient (Wildman–Crippen LogP) is 6.79. The van der Waals surface area contributed by atoms with Crippen molar-refractivity contribution in [2.75, 3.05) is 13.7 Å². The Balaban J connectivity index is 1.70. The van der Waals surface area contributed by atoms with E-state index in [1.807, 2.05) is 43.3 Å². The van der Waals surface area contributed by atoms with Crippen LogP contribution in [0.5, 0.6) is 17.2 Å². The Kier molecular flexibility index (Phi) is 9.23. The molecule has 2 atom stereocenters. The Morgan fingerprint density at radius 2 is 1.61 bits per heavy atom. The Bertz CT molecular complexity index is 926. The summed E-state index contributed by atoms with van der Waals surface area (Å²) in [5, 5.41) is 4.10. The van der Waals surface area contributed by atoms with E-state index in [2.05, 4.69) is 38.1 Å². The molecule has 3 rings (SSSR count). The smallest absolute Gasteiger partial charge is 0.135 e. The quantitative estimate of drug-likeness (QED) is 0.227. The number of hydrogen-bond acceptors (Lipinski definition) is 5. The Hall–Kier alpha value is -2.95. The van der Waals surface area contributed by atoms with Gasteiger partial charge in [0.25, 0.3) is 0 Å². The van der Waals surface area contributed by atoms with Gasteiger partial charge in [-0.15, -0.1) is 0 Å². The summed E-state index contributed by atoms with van der Waals surface area (Å²) in [6.45, 7) is 8.79. The van der Waals surface area contributed by atoms with Crippen LogP contribution in [0.3, 0.4) is 0 Å². The summed E-state index contributed by atoms with van der Waals surface area (Å²) in [6.07, 6.45) is 9.12. The Labute approximate surface area is 198 Å². The first-order valence-corrected chi connectivity index (χ1v) is 11.9. The third-order valence-corrected chi connectivity index (χ3v) is 5.94. The molecular weight excluding hydrogens is 414 g/mol. The monoisotopic (exact) mass is 451 g/mol. The van der Waals surface area contributed by atoms with Crippen molar-refractivity contribution in [3.8, 4) is 17.2 Å². The number of aryl methyl sites for hydroxylation is 2. The third-order valence-electron chi connectivity index (χ3n) is 5.94. The normalized spacial score (nSPS) is 18.9. The van der Waals surface area contributed by atoms with Crippen LogP contribution in [0.1, 0.15) is 62.6 Å². The van der Waals surface area contributed by atoms with Crippen LogP contribution in [0.25, 0.3) is 0 Å². The minimum Gasteiger partial charge on any atom is -0.490 e. The van der Waals surface area contributed by atoms with Gasteiger partial charge in [0.2, 0.25) is 0 Å². The van der Waals surface area contributed by atoms with Gasteiger partial charge in [-0.25, -0.2) is 0 Å². The maximum Gasteiger partial charge on any atom is 0.135 e. The maximum absolute atomic E-state index is 6.56. The standard InChI is InChI=1S/C28H37NO4/c1-6-8-17-31-24-18-20(3)28(21(4)19-24)33-27-12-10-9-11-26(27)32-23-15-13-22(14-16-23)25(7-2)29-30-5/h6,8,13-16,18-19,26-27H,7,9-12,17H2,1-5H3/b8-6+,29-25-. The zero-order valence-corrected chi connectivity index (χ0v) is 20.6.